The molecule has 1 saturated carbocycles. The highest BCUT2D eigenvalue weighted by atomic mass is 19.4. The van der Waals surface area contributed by atoms with Gasteiger partial charge in [-0.15, -0.1) is 0 Å². The molecular formula is C27H29F7N2O2. The molecule has 0 spiro atoms. The summed E-state index contributed by atoms with van der Waals surface area (Å²) in [5.74, 6) is -1.11. The molecule has 1 amide bonds. The first-order chi connectivity index (χ1) is 17.6. The van der Waals surface area contributed by atoms with Crippen LogP contribution < -0.4 is 10.6 Å². The number of amides is 1. The molecule has 4 nitrogen and oxygen atoms in total. The number of benzene rings is 2. The molecule has 1 heterocycles. The van der Waals surface area contributed by atoms with Gasteiger partial charge in [-0.3, -0.25) is 4.79 Å². The van der Waals surface area contributed by atoms with Crippen molar-refractivity contribution in [2.24, 2.45) is 5.92 Å². The number of ether oxygens (including phenoxy) is 1. The van der Waals surface area contributed by atoms with E-state index in [1.807, 2.05) is 0 Å². The van der Waals surface area contributed by atoms with Gasteiger partial charge < -0.3 is 15.4 Å². The standard InChI is InChI=1S/C27H29F7N2O2/c1-14(16-10-17(26(29,30)31)12-18(11-16)27(32,33)34)38-22-9-8-20(21-13-25(2,35-3)24(37)36-21)23(22)15-4-6-19(28)7-5-15/h4-7,10-12,14,20-23,35H,8-9,13H2,1-3H3,(H,36,37)/t14-,20+,21-,22+,23+,25-/m1/s1. The molecule has 1 saturated heterocycles. The van der Waals surface area contributed by atoms with Crippen molar-refractivity contribution < 1.29 is 40.3 Å². The van der Waals surface area contributed by atoms with E-state index in [0.29, 0.717) is 31.4 Å². The lowest BCUT2D eigenvalue weighted by atomic mass is 9.80. The summed E-state index contributed by atoms with van der Waals surface area (Å²) in [7, 11) is 1.69. The number of nitrogens with one attached hydrogen (secondary N) is 2. The van der Waals surface area contributed by atoms with E-state index in [1.165, 1.54) is 19.1 Å². The number of rotatable bonds is 6. The first kappa shape index (κ1) is 28.4. The Morgan fingerprint density at radius 2 is 1.58 bits per heavy atom. The van der Waals surface area contributed by atoms with Crippen LogP contribution in [0.5, 0.6) is 0 Å². The summed E-state index contributed by atoms with van der Waals surface area (Å²) in [5, 5.41) is 6.05. The average molecular weight is 547 g/mol. The maximum atomic E-state index is 13.7. The van der Waals surface area contributed by atoms with Gasteiger partial charge in [0.25, 0.3) is 0 Å². The Morgan fingerprint density at radius 1 is 1.00 bits per heavy atom. The van der Waals surface area contributed by atoms with Crippen LogP contribution in [0.25, 0.3) is 0 Å². The Bertz CT molecular complexity index is 1130. The first-order valence-corrected chi connectivity index (χ1v) is 12.3. The molecule has 4 rings (SSSR count). The molecule has 1 aliphatic carbocycles. The van der Waals surface area contributed by atoms with E-state index in [4.69, 9.17) is 4.74 Å². The minimum atomic E-state index is -4.97. The SMILES string of the molecule is CN[C@]1(C)C[C@H]([C@@H]2CC[C@H](O[C@H](C)c3cc(C(F)(F)F)cc(C(F)(F)F)c3)[C@H]2c2ccc(F)cc2)NC1=O. The molecule has 38 heavy (non-hydrogen) atoms. The fourth-order valence-electron chi connectivity index (χ4n) is 5.68. The predicted octanol–water partition coefficient (Wildman–Crippen LogP) is 6.37. The molecule has 0 aromatic heterocycles. The minimum absolute atomic E-state index is 0.0880. The second kappa shape index (κ2) is 10.1. The van der Waals surface area contributed by atoms with Crippen LogP contribution in [-0.4, -0.2) is 30.6 Å². The van der Waals surface area contributed by atoms with Gasteiger partial charge in [0.1, 0.15) is 5.82 Å². The van der Waals surface area contributed by atoms with Gasteiger partial charge >= 0.3 is 12.4 Å². The highest BCUT2D eigenvalue weighted by molar-refractivity contribution is 5.88. The number of carbonyl (C=O) groups is 1. The molecule has 2 aliphatic rings. The number of alkyl halides is 6. The normalized spacial score (nSPS) is 28.9. The number of hydrogen-bond acceptors (Lipinski definition) is 3. The van der Waals surface area contributed by atoms with Crippen LogP contribution in [0, 0.1) is 11.7 Å². The highest BCUT2D eigenvalue weighted by Crippen LogP contribution is 2.48. The zero-order valence-corrected chi connectivity index (χ0v) is 21.0. The van der Waals surface area contributed by atoms with E-state index < -0.39 is 47.0 Å². The molecule has 0 unspecified atom stereocenters. The summed E-state index contributed by atoms with van der Waals surface area (Å²) in [4.78, 5) is 12.6. The van der Waals surface area contributed by atoms with Crippen LogP contribution in [0.2, 0.25) is 0 Å². The molecular weight excluding hydrogens is 517 g/mol. The summed E-state index contributed by atoms with van der Waals surface area (Å²) in [6, 6.07) is 6.97. The van der Waals surface area contributed by atoms with Gasteiger partial charge in [0.15, 0.2) is 0 Å². The van der Waals surface area contributed by atoms with E-state index in [-0.39, 0.29) is 35.4 Å². The molecule has 6 atom stereocenters. The van der Waals surface area contributed by atoms with Crippen LogP contribution in [0.4, 0.5) is 30.7 Å². The summed E-state index contributed by atoms with van der Waals surface area (Å²) in [6.45, 7) is 3.20. The van der Waals surface area contributed by atoms with Crippen molar-refractivity contribution in [3.63, 3.8) is 0 Å². The van der Waals surface area contributed by atoms with E-state index in [2.05, 4.69) is 10.6 Å². The van der Waals surface area contributed by atoms with E-state index >= 15 is 0 Å². The van der Waals surface area contributed by atoms with E-state index in [9.17, 15) is 35.5 Å². The van der Waals surface area contributed by atoms with Crippen molar-refractivity contribution in [2.45, 2.75) is 75.2 Å². The van der Waals surface area contributed by atoms with Gasteiger partial charge in [-0.1, -0.05) is 12.1 Å². The van der Waals surface area contributed by atoms with Gasteiger partial charge in [0.2, 0.25) is 5.91 Å². The molecule has 2 N–H and O–H groups in total. The summed E-state index contributed by atoms with van der Waals surface area (Å²) < 4.78 is 100. The second-order valence-corrected chi connectivity index (χ2v) is 10.3. The Morgan fingerprint density at radius 3 is 2.08 bits per heavy atom. The zero-order chi connectivity index (χ0) is 28.0. The molecule has 208 valence electrons. The van der Waals surface area contributed by atoms with Crippen LogP contribution in [0.1, 0.15) is 67.4 Å². The van der Waals surface area contributed by atoms with Crippen molar-refractivity contribution >= 4 is 5.91 Å². The average Bonchev–Trinajstić information content (AvgIpc) is 3.39. The summed E-state index contributed by atoms with van der Waals surface area (Å²) in [6.07, 6.45) is -10.1. The molecule has 0 radical (unpaired) electrons. The second-order valence-electron chi connectivity index (χ2n) is 10.3. The maximum Gasteiger partial charge on any atom is 0.416 e. The lowest BCUT2D eigenvalue weighted by molar-refractivity contribution is -0.143. The Balaban J connectivity index is 1.65. The lowest BCUT2D eigenvalue weighted by Gasteiger charge is -2.31. The van der Waals surface area contributed by atoms with Crippen LogP contribution >= 0.6 is 0 Å². The third-order valence-corrected chi connectivity index (χ3v) is 7.87. The quantitative estimate of drug-likeness (QED) is 0.414. The Hall–Kier alpha value is -2.66. The molecule has 1 aliphatic heterocycles. The third-order valence-electron chi connectivity index (χ3n) is 7.87. The third kappa shape index (κ3) is 5.68. The zero-order valence-electron chi connectivity index (χ0n) is 21.0. The van der Waals surface area contributed by atoms with Crippen molar-refractivity contribution in [3.05, 3.63) is 70.5 Å². The lowest BCUT2D eigenvalue weighted by Crippen LogP contribution is -2.46. The van der Waals surface area contributed by atoms with Gasteiger partial charge in [0, 0.05) is 12.0 Å². The first-order valence-electron chi connectivity index (χ1n) is 12.3. The van der Waals surface area contributed by atoms with Crippen LogP contribution in [0.3, 0.4) is 0 Å². The van der Waals surface area contributed by atoms with Crippen LogP contribution in [-0.2, 0) is 21.9 Å². The van der Waals surface area contributed by atoms with E-state index in [1.54, 1.807) is 26.1 Å². The topological polar surface area (TPSA) is 50.4 Å². The summed E-state index contributed by atoms with van der Waals surface area (Å²) in [5.41, 5.74) is -3.12. The van der Waals surface area contributed by atoms with Gasteiger partial charge in [-0.25, -0.2) is 4.39 Å². The highest BCUT2D eigenvalue weighted by Gasteiger charge is 2.50. The summed E-state index contributed by atoms with van der Waals surface area (Å²) >= 11 is 0. The van der Waals surface area contributed by atoms with E-state index in [0.717, 1.165) is 5.56 Å². The monoisotopic (exact) mass is 546 g/mol. The number of hydrogen-bond donors (Lipinski definition) is 2. The fourth-order valence-corrected chi connectivity index (χ4v) is 5.68. The van der Waals surface area contributed by atoms with Crippen molar-refractivity contribution in [1.29, 1.82) is 0 Å². The predicted molar refractivity (Wildman–Crippen MR) is 126 cm³/mol. The van der Waals surface area contributed by atoms with Crippen molar-refractivity contribution in [2.75, 3.05) is 7.05 Å². The molecule has 2 aromatic rings. The van der Waals surface area contributed by atoms with Gasteiger partial charge in [0.05, 0.1) is 28.9 Å². The largest absolute Gasteiger partial charge is 0.416 e. The molecule has 11 heteroatoms. The molecule has 2 aromatic carbocycles. The van der Waals surface area contributed by atoms with Gasteiger partial charge in [-0.2, -0.15) is 26.3 Å². The molecule has 0 bridgehead atoms. The Kier molecular flexibility index (Phi) is 7.57. The number of carbonyl (C=O) groups excluding carboxylic acids is 1. The smallest absolute Gasteiger partial charge is 0.370 e. The van der Waals surface area contributed by atoms with Crippen molar-refractivity contribution in [1.82, 2.24) is 10.6 Å². The fraction of sp³-hybridized carbons (Fsp3) is 0.519. The Labute approximate surface area is 215 Å². The van der Waals surface area contributed by atoms with Gasteiger partial charge in [-0.05, 0) is 87.5 Å². The van der Waals surface area contributed by atoms with Crippen molar-refractivity contribution in [3.8, 4) is 0 Å². The maximum absolute atomic E-state index is 13.7. The minimum Gasteiger partial charge on any atom is -0.370 e. The van der Waals surface area contributed by atoms with Crippen LogP contribution in [0.15, 0.2) is 42.5 Å². The number of halogens is 7. The number of likely N-dealkylation sites (N-methyl/N-ethyl adjacent to an activating group) is 1. The molecule has 2 fully saturated rings.